The largest absolute Gasteiger partial charge is 0.483 e. The quantitative estimate of drug-likeness (QED) is 0.307. The molecular weight excluding hydrogens is 550 g/mol. The number of nitrogens with zero attached hydrogens (tertiary/aromatic N) is 3. The van der Waals surface area contributed by atoms with Gasteiger partial charge < -0.3 is 10.1 Å². The van der Waals surface area contributed by atoms with E-state index in [1.54, 1.807) is 24.3 Å². The Morgan fingerprint density at radius 2 is 1.84 bits per heavy atom. The molecule has 0 radical (unpaired) electrons. The Morgan fingerprint density at radius 3 is 2.53 bits per heavy atom. The molecule has 0 aliphatic carbocycles. The van der Waals surface area contributed by atoms with E-state index in [0.29, 0.717) is 37.3 Å². The minimum atomic E-state index is -3.83. The second-order valence-electron chi connectivity index (χ2n) is 8.00. The zero-order chi connectivity index (χ0) is 26.9. The van der Waals surface area contributed by atoms with Gasteiger partial charge in [0.15, 0.2) is 12.4 Å². The van der Waals surface area contributed by atoms with Crippen LogP contribution >= 0.6 is 22.9 Å². The van der Waals surface area contributed by atoms with Crippen molar-refractivity contribution in [2.75, 3.05) is 11.9 Å². The number of primary sulfonamides is 1. The van der Waals surface area contributed by atoms with Crippen LogP contribution in [0.25, 0.3) is 22.4 Å². The molecule has 0 aliphatic heterocycles. The van der Waals surface area contributed by atoms with E-state index in [0.717, 1.165) is 5.56 Å². The number of hydrogen-bond acceptors (Lipinski definition) is 8. The maximum absolute atomic E-state index is 13.0. The van der Waals surface area contributed by atoms with Gasteiger partial charge in [0.1, 0.15) is 5.75 Å². The lowest BCUT2D eigenvalue weighted by Crippen LogP contribution is -2.24. The summed E-state index contributed by atoms with van der Waals surface area (Å²) in [7, 11) is -3.83. The van der Waals surface area contributed by atoms with Crippen LogP contribution < -0.4 is 25.3 Å². The molecule has 2 heterocycles. The third-order valence-corrected chi connectivity index (χ3v) is 7.42. The smallest absolute Gasteiger partial charge is 0.291 e. The molecule has 5 aromatic rings. The molecule has 13 heteroatoms. The SMILES string of the molecule is NS(=O)(=O)c1ccc(NC(=O)COc2ccc(Cl)cc2/C=c2\sc3nc(-c4ccccc4)nn3c2=O)cc1. The van der Waals surface area contributed by atoms with E-state index < -0.39 is 15.9 Å². The van der Waals surface area contributed by atoms with E-state index in [4.69, 9.17) is 21.5 Å². The second-order valence-corrected chi connectivity index (χ2v) is 11.0. The summed E-state index contributed by atoms with van der Waals surface area (Å²) in [4.78, 5) is 30.2. The number of fused-ring (bicyclic) bond motifs is 1. The van der Waals surface area contributed by atoms with E-state index in [1.807, 2.05) is 30.3 Å². The van der Waals surface area contributed by atoms with Crippen molar-refractivity contribution >= 4 is 55.6 Å². The van der Waals surface area contributed by atoms with Crippen molar-refractivity contribution in [2.24, 2.45) is 5.14 Å². The Kier molecular flexibility index (Phi) is 6.95. The van der Waals surface area contributed by atoms with Crippen molar-refractivity contribution in [1.82, 2.24) is 14.6 Å². The molecular formula is C25H18ClN5O5S2. The summed E-state index contributed by atoms with van der Waals surface area (Å²) in [6, 6.07) is 19.6. The van der Waals surface area contributed by atoms with Gasteiger partial charge in [-0.25, -0.2) is 13.6 Å². The fourth-order valence-corrected chi connectivity index (χ4v) is 5.11. The fourth-order valence-electron chi connectivity index (χ4n) is 3.52. The number of carbonyl (C=O) groups excluding carboxylic acids is 1. The number of halogens is 1. The summed E-state index contributed by atoms with van der Waals surface area (Å²) in [5, 5.41) is 12.4. The number of nitrogens with two attached hydrogens (primary N) is 1. The number of sulfonamides is 1. The Labute approximate surface area is 225 Å². The first-order valence-electron chi connectivity index (χ1n) is 11.0. The standard InChI is InChI=1S/C25H18ClN5O5S2/c26-17-6-11-20(36-14-22(32)28-18-7-9-19(10-8-18)38(27,34)35)16(12-17)13-21-24(33)31-25(37-21)29-23(30-31)15-4-2-1-3-5-15/h1-13H,14H2,(H,28,32)(H2,27,34,35)/b21-13-. The first-order valence-corrected chi connectivity index (χ1v) is 13.7. The van der Waals surface area contributed by atoms with Gasteiger partial charge in [0.2, 0.25) is 15.0 Å². The molecule has 2 aromatic heterocycles. The van der Waals surface area contributed by atoms with Gasteiger partial charge in [-0.3, -0.25) is 9.59 Å². The highest BCUT2D eigenvalue weighted by Crippen LogP contribution is 2.24. The average molecular weight is 568 g/mol. The maximum Gasteiger partial charge on any atom is 0.291 e. The van der Waals surface area contributed by atoms with Gasteiger partial charge in [-0.15, -0.1) is 5.10 Å². The van der Waals surface area contributed by atoms with Gasteiger partial charge in [-0.2, -0.15) is 9.50 Å². The molecule has 3 N–H and O–H groups in total. The summed E-state index contributed by atoms with van der Waals surface area (Å²) in [5.41, 5.74) is 1.32. The zero-order valence-electron chi connectivity index (χ0n) is 19.4. The molecule has 0 fully saturated rings. The maximum atomic E-state index is 13.0. The lowest BCUT2D eigenvalue weighted by Gasteiger charge is -2.10. The van der Waals surface area contributed by atoms with Crippen LogP contribution in [0.5, 0.6) is 5.75 Å². The number of benzene rings is 3. The van der Waals surface area contributed by atoms with Crippen LogP contribution in [0.2, 0.25) is 5.02 Å². The third kappa shape index (κ3) is 5.58. The molecule has 1 amide bonds. The molecule has 0 saturated carbocycles. The van der Waals surface area contributed by atoms with Crippen molar-refractivity contribution in [1.29, 1.82) is 0 Å². The van der Waals surface area contributed by atoms with Gasteiger partial charge in [0.25, 0.3) is 11.5 Å². The number of thiazole rings is 1. The van der Waals surface area contributed by atoms with Crippen LogP contribution in [-0.2, 0) is 14.8 Å². The lowest BCUT2D eigenvalue weighted by molar-refractivity contribution is -0.118. The number of rotatable bonds is 7. The molecule has 0 spiro atoms. The van der Waals surface area contributed by atoms with E-state index in [9.17, 15) is 18.0 Å². The average Bonchev–Trinajstić information content (AvgIpc) is 3.43. The van der Waals surface area contributed by atoms with Crippen LogP contribution in [0.15, 0.2) is 82.5 Å². The summed E-state index contributed by atoms with van der Waals surface area (Å²) in [5.74, 6) is 0.307. The fraction of sp³-hybridized carbons (Fsp3) is 0.0400. The second kappa shape index (κ2) is 10.3. The molecule has 5 rings (SSSR count). The van der Waals surface area contributed by atoms with Gasteiger partial charge in [0, 0.05) is 21.8 Å². The van der Waals surface area contributed by atoms with Crippen LogP contribution in [0, 0.1) is 0 Å². The van der Waals surface area contributed by atoms with Crippen molar-refractivity contribution in [3.05, 3.63) is 98.3 Å². The molecule has 0 unspecified atom stereocenters. The molecule has 3 aromatic carbocycles. The molecule has 10 nitrogen and oxygen atoms in total. The highest BCUT2D eigenvalue weighted by molar-refractivity contribution is 7.89. The molecule has 0 atom stereocenters. The van der Waals surface area contributed by atoms with E-state index in [-0.39, 0.29) is 17.1 Å². The number of anilines is 1. The summed E-state index contributed by atoms with van der Waals surface area (Å²) < 4.78 is 30.1. The van der Waals surface area contributed by atoms with Gasteiger partial charge in [0.05, 0.1) is 9.43 Å². The van der Waals surface area contributed by atoms with Gasteiger partial charge >= 0.3 is 0 Å². The van der Waals surface area contributed by atoms with E-state index in [1.165, 1.54) is 40.1 Å². The summed E-state index contributed by atoms with van der Waals surface area (Å²) in [6.45, 7) is -0.348. The highest BCUT2D eigenvalue weighted by atomic mass is 35.5. The normalized spacial score (nSPS) is 12.1. The number of hydrogen-bond donors (Lipinski definition) is 2. The first-order chi connectivity index (χ1) is 18.2. The van der Waals surface area contributed by atoms with Gasteiger partial charge in [-0.1, -0.05) is 53.3 Å². The Balaban J connectivity index is 1.35. The number of carbonyl (C=O) groups is 1. The van der Waals surface area contributed by atoms with E-state index >= 15 is 0 Å². The molecule has 38 heavy (non-hydrogen) atoms. The van der Waals surface area contributed by atoms with Crippen LogP contribution in [0.3, 0.4) is 0 Å². The molecule has 0 aliphatic rings. The third-order valence-electron chi connectivity index (χ3n) is 5.30. The summed E-state index contributed by atoms with van der Waals surface area (Å²) >= 11 is 7.34. The number of nitrogens with one attached hydrogen (secondary N) is 1. The number of amides is 1. The minimum absolute atomic E-state index is 0.0710. The van der Waals surface area contributed by atoms with Crippen molar-refractivity contribution < 1.29 is 17.9 Å². The van der Waals surface area contributed by atoms with Crippen molar-refractivity contribution in [3.8, 4) is 17.1 Å². The Morgan fingerprint density at radius 1 is 1.11 bits per heavy atom. The highest BCUT2D eigenvalue weighted by Gasteiger charge is 2.14. The van der Waals surface area contributed by atoms with Crippen LogP contribution in [-0.4, -0.2) is 35.5 Å². The molecule has 0 saturated heterocycles. The van der Waals surface area contributed by atoms with Crippen molar-refractivity contribution in [3.63, 3.8) is 0 Å². The number of ether oxygens (including phenoxy) is 1. The predicted octanol–water partition coefficient (Wildman–Crippen LogP) is 2.68. The predicted molar refractivity (Wildman–Crippen MR) is 145 cm³/mol. The monoisotopic (exact) mass is 567 g/mol. The first kappa shape index (κ1) is 25.5. The van der Waals surface area contributed by atoms with Gasteiger partial charge in [-0.05, 0) is 48.5 Å². The molecule has 0 bridgehead atoms. The summed E-state index contributed by atoms with van der Waals surface area (Å²) in [6.07, 6.45) is 1.61. The minimum Gasteiger partial charge on any atom is -0.483 e. The van der Waals surface area contributed by atoms with Crippen molar-refractivity contribution in [2.45, 2.75) is 4.90 Å². The molecule has 192 valence electrons. The number of aromatic nitrogens is 3. The van der Waals surface area contributed by atoms with E-state index in [2.05, 4.69) is 15.4 Å². The Hall–Kier alpha value is -4.10. The van der Waals surface area contributed by atoms with Crippen LogP contribution in [0.4, 0.5) is 5.69 Å². The Bertz CT molecular complexity index is 1870. The zero-order valence-corrected chi connectivity index (χ0v) is 21.8. The van der Waals surface area contributed by atoms with Crippen LogP contribution in [0.1, 0.15) is 5.56 Å². The lowest BCUT2D eigenvalue weighted by atomic mass is 10.2. The topological polar surface area (TPSA) is 146 Å².